The molecule has 1 N–H and O–H groups in total. The first-order chi connectivity index (χ1) is 20.5. The van der Waals surface area contributed by atoms with Crippen LogP contribution in [0.1, 0.15) is 125 Å². The van der Waals surface area contributed by atoms with Gasteiger partial charge in [-0.2, -0.15) is 0 Å². The second kappa shape index (κ2) is 10.9. The van der Waals surface area contributed by atoms with Crippen LogP contribution in [0.5, 0.6) is 0 Å². The monoisotopic (exact) mass is 673 g/mol. The molecule has 2 aliphatic carbocycles. The molecular formula is C34H48F5NO3SSi. The van der Waals surface area contributed by atoms with Crippen molar-refractivity contribution in [2.45, 2.75) is 121 Å². The molecule has 2 heterocycles. The number of fused-ring (bicyclic) bond motifs is 1. The third kappa shape index (κ3) is 7.22. The zero-order valence-corrected chi connectivity index (χ0v) is 29.3. The van der Waals surface area contributed by atoms with E-state index in [1.54, 1.807) is 0 Å². The Morgan fingerprint density at radius 1 is 1.04 bits per heavy atom. The van der Waals surface area contributed by atoms with Crippen LogP contribution in [0.3, 0.4) is 0 Å². The molecule has 2 atom stereocenters. The molecule has 4 nitrogen and oxygen atoms in total. The van der Waals surface area contributed by atoms with Crippen molar-refractivity contribution in [2.75, 3.05) is 13.2 Å². The van der Waals surface area contributed by atoms with E-state index in [0.717, 1.165) is 72.3 Å². The van der Waals surface area contributed by atoms with Crippen LogP contribution in [-0.4, -0.2) is 31.6 Å². The van der Waals surface area contributed by atoms with Gasteiger partial charge >= 0.3 is 10.2 Å². The summed E-state index contributed by atoms with van der Waals surface area (Å²) in [6.45, 7) is 16.6. The number of pyridine rings is 1. The van der Waals surface area contributed by atoms with Gasteiger partial charge in [0.05, 0.1) is 11.8 Å². The summed E-state index contributed by atoms with van der Waals surface area (Å²) in [6.07, 6.45) is 6.05. The average molecular weight is 674 g/mol. The summed E-state index contributed by atoms with van der Waals surface area (Å²) < 4.78 is 80.8. The van der Waals surface area contributed by atoms with E-state index in [4.69, 9.17) is 14.1 Å². The summed E-state index contributed by atoms with van der Waals surface area (Å²) in [5, 5.41) is 12.1. The number of nitrogens with zero attached hydrogens (tertiary/aromatic N) is 1. The molecule has 0 spiro atoms. The molecule has 2 aromatic rings. The summed E-state index contributed by atoms with van der Waals surface area (Å²) >= 11 is 0. The maximum atomic E-state index is 13.6. The molecule has 3 aliphatic rings. The van der Waals surface area contributed by atoms with E-state index >= 15 is 0 Å². The number of aliphatic hydroxyl groups is 1. The lowest BCUT2D eigenvalue weighted by Gasteiger charge is -2.45. The molecule has 1 fully saturated rings. The van der Waals surface area contributed by atoms with Gasteiger partial charge in [0, 0.05) is 36.0 Å². The van der Waals surface area contributed by atoms with Gasteiger partial charge in [0.25, 0.3) is 0 Å². The first-order valence-corrected chi connectivity index (χ1v) is 20.9. The Hall–Kier alpha value is -1.79. The van der Waals surface area contributed by atoms with Gasteiger partial charge in [0.1, 0.15) is 11.0 Å². The number of benzene rings is 1. The largest absolute Gasteiger partial charge is 0.410 e. The zero-order chi connectivity index (χ0) is 33.3. The van der Waals surface area contributed by atoms with Crippen LogP contribution in [0.25, 0.3) is 5.57 Å². The topological polar surface area (TPSA) is 51.6 Å². The Bertz CT molecular complexity index is 1480. The Balaban J connectivity index is 1.77. The van der Waals surface area contributed by atoms with Crippen molar-refractivity contribution in [1.82, 2.24) is 4.98 Å². The fourth-order valence-electron chi connectivity index (χ4n) is 6.80. The second-order valence-electron chi connectivity index (χ2n) is 15.5. The molecule has 0 radical (unpaired) electrons. The standard InChI is InChI=1S/C34H48F5NO3SSi/c1-33(2,3)45(6,7)43-27-21-34(4,5)20-26-29(27)28(22-10-8-9-11-22)30(31(40-26)23-16-18-42-19-17-23)32(41)24-12-14-25(15-13-24)44(35,36,37,38)39/h10,12-15,23,27,32,41H,8-9,11,16-21H2,1-7H3/t27-,32+/m0/s1. The van der Waals surface area contributed by atoms with Crippen molar-refractivity contribution >= 4 is 24.1 Å². The van der Waals surface area contributed by atoms with Gasteiger partial charge in [-0.15, -0.1) is 0 Å². The molecule has 252 valence electrons. The molecule has 0 bridgehead atoms. The van der Waals surface area contributed by atoms with Crippen LogP contribution in [0.4, 0.5) is 19.4 Å². The third-order valence-corrected chi connectivity index (χ3v) is 15.9. The number of aromatic nitrogens is 1. The first kappa shape index (κ1) is 34.5. The van der Waals surface area contributed by atoms with E-state index in [0.29, 0.717) is 43.8 Å². The van der Waals surface area contributed by atoms with Gasteiger partial charge in [0.2, 0.25) is 0 Å². The quantitative estimate of drug-likeness (QED) is 0.235. The number of hydrogen-bond acceptors (Lipinski definition) is 4. The minimum atomic E-state index is -9.87. The van der Waals surface area contributed by atoms with Crippen LogP contribution < -0.4 is 0 Å². The number of hydrogen-bond donors (Lipinski definition) is 1. The molecule has 1 aromatic heterocycles. The highest BCUT2D eigenvalue weighted by atomic mass is 32.5. The van der Waals surface area contributed by atoms with Crippen molar-refractivity contribution in [2.24, 2.45) is 5.41 Å². The van der Waals surface area contributed by atoms with Crippen molar-refractivity contribution in [3.05, 3.63) is 64.0 Å². The molecule has 1 saturated heterocycles. The van der Waals surface area contributed by atoms with E-state index in [2.05, 4.69) is 53.8 Å². The molecule has 0 amide bonds. The Morgan fingerprint density at radius 2 is 1.67 bits per heavy atom. The zero-order valence-electron chi connectivity index (χ0n) is 27.5. The van der Waals surface area contributed by atoms with Crippen LogP contribution >= 0.6 is 10.2 Å². The predicted molar refractivity (Wildman–Crippen MR) is 174 cm³/mol. The van der Waals surface area contributed by atoms with Crippen molar-refractivity contribution in [1.29, 1.82) is 0 Å². The summed E-state index contributed by atoms with van der Waals surface area (Å²) in [6, 6.07) is 2.73. The van der Waals surface area contributed by atoms with Gasteiger partial charge in [-0.25, -0.2) is 0 Å². The highest BCUT2D eigenvalue weighted by molar-refractivity contribution is 8.45. The van der Waals surface area contributed by atoms with Gasteiger partial charge in [-0.3, -0.25) is 4.98 Å². The molecule has 1 aliphatic heterocycles. The number of ether oxygens (including phenoxy) is 1. The van der Waals surface area contributed by atoms with Crippen molar-refractivity contribution < 1.29 is 33.7 Å². The summed E-state index contributed by atoms with van der Waals surface area (Å²) in [5.41, 5.74) is 5.22. The van der Waals surface area contributed by atoms with E-state index in [9.17, 15) is 24.5 Å². The van der Waals surface area contributed by atoms with E-state index in [-0.39, 0.29) is 28.0 Å². The van der Waals surface area contributed by atoms with Crippen LogP contribution in [0.15, 0.2) is 35.2 Å². The molecule has 5 rings (SSSR count). The SMILES string of the molecule is CC1(C)Cc2nc(C3CCOCC3)c([C@H](O)c3ccc(S(F)(F)(F)(F)F)cc3)c(C3=CCCC3)c2[C@@H](O[Si](C)(C)C(C)(C)C)C1. The van der Waals surface area contributed by atoms with E-state index in [1.807, 2.05) is 0 Å². The fraction of sp³-hybridized carbons (Fsp3) is 0.618. The van der Waals surface area contributed by atoms with Crippen LogP contribution in [0.2, 0.25) is 18.1 Å². The van der Waals surface area contributed by atoms with Gasteiger partial charge < -0.3 is 14.3 Å². The van der Waals surface area contributed by atoms with E-state index < -0.39 is 29.5 Å². The normalized spacial score (nSPS) is 23.6. The fourth-order valence-corrected chi connectivity index (χ4v) is 8.72. The summed E-state index contributed by atoms with van der Waals surface area (Å²) in [4.78, 5) is 3.36. The van der Waals surface area contributed by atoms with Crippen LogP contribution in [-0.2, 0) is 15.6 Å². The third-order valence-electron chi connectivity index (χ3n) is 10.2. The minimum absolute atomic E-state index is 0.0248. The highest BCUT2D eigenvalue weighted by Gasteiger charge is 2.65. The van der Waals surface area contributed by atoms with E-state index in [1.165, 1.54) is 0 Å². The second-order valence-corrected chi connectivity index (χ2v) is 22.7. The van der Waals surface area contributed by atoms with Crippen LogP contribution in [0, 0.1) is 5.41 Å². The van der Waals surface area contributed by atoms with Gasteiger partial charge in [-0.05, 0) is 97.3 Å². The Kier molecular flexibility index (Phi) is 8.34. The molecule has 1 aromatic carbocycles. The first-order valence-electron chi connectivity index (χ1n) is 16.0. The number of allylic oxidation sites excluding steroid dienone is 2. The minimum Gasteiger partial charge on any atom is -0.410 e. The Labute approximate surface area is 265 Å². The molecule has 11 heteroatoms. The lowest BCUT2D eigenvalue weighted by molar-refractivity contribution is 0.0828. The summed E-state index contributed by atoms with van der Waals surface area (Å²) in [5.74, 6) is -0.0248. The van der Waals surface area contributed by atoms with Gasteiger partial charge in [0.15, 0.2) is 8.32 Å². The number of halogens is 5. The smallest absolute Gasteiger partial charge is 0.310 e. The maximum absolute atomic E-state index is 13.6. The highest BCUT2D eigenvalue weighted by Crippen LogP contribution is 3.02. The van der Waals surface area contributed by atoms with Crippen molar-refractivity contribution in [3.63, 3.8) is 0 Å². The number of rotatable bonds is 7. The van der Waals surface area contributed by atoms with Crippen molar-refractivity contribution in [3.8, 4) is 0 Å². The number of aliphatic hydroxyl groups excluding tert-OH is 1. The lowest BCUT2D eigenvalue weighted by Crippen LogP contribution is -2.44. The maximum Gasteiger partial charge on any atom is 0.310 e. The Morgan fingerprint density at radius 3 is 2.20 bits per heavy atom. The van der Waals surface area contributed by atoms with Gasteiger partial charge in [-0.1, -0.05) is 72.3 Å². The summed E-state index contributed by atoms with van der Waals surface area (Å²) in [7, 11) is -12.2. The molecule has 45 heavy (non-hydrogen) atoms. The molecule has 0 saturated carbocycles. The molecule has 0 unspecified atom stereocenters. The lowest BCUT2D eigenvalue weighted by atomic mass is 9.71. The predicted octanol–water partition coefficient (Wildman–Crippen LogP) is 11.3. The molecular weight excluding hydrogens is 626 g/mol. The average Bonchev–Trinajstić information content (AvgIpc) is 3.44.